The molecule has 1 aromatic carbocycles. The fraction of sp³-hybridized carbons (Fsp3) is 0.438. The molecule has 1 heterocycles. The first kappa shape index (κ1) is 16.0. The van der Waals surface area contributed by atoms with E-state index in [9.17, 15) is 9.59 Å². The summed E-state index contributed by atoms with van der Waals surface area (Å²) in [6.07, 6.45) is 1.96. The average Bonchev–Trinajstić information content (AvgIpc) is 2.51. The standard InChI is InChI=1S/C16H22N4O2/c1-3-16(4-2)9-13(21)20(15(18)19-16)10-11-6-5-7-12(8-11)14(17)22/h5-8H,3-4,9-10H2,1-2H3,(H2,17,22)(H2,18,19). The molecule has 6 heteroatoms. The van der Waals surface area contributed by atoms with Crippen molar-refractivity contribution in [2.45, 2.75) is 45.2 Å². The molecular formula is C16H22N4O2. The van der Waals surface area contributed by atoms with Gasteiger partial charge in [-0.05, 0) is 30.5 Å². The number of rotatable bonds is 5. The highest BCUT2D eigenvalue weighted by Gasteiger charge is 2.38. The number of amides is 2. The molecule has 22 heavy (non-hydrogen) atoms. The normalized spacial score (nSPS) is 17.3. The topological polar surface area (TPSA) is 99.3 Å². The van der Waals surface area contributed by atoms with Crippen LogP contribution in [0.15, 0.2) is 24.3 Å². The maximum absolute atomic E-state index is 12.4. The predicted molar refractivity (Wildman–Crippen MR) is 84.3 cm³/mol. The Morgan fingerprint density at radius 3 is 2.64 bits per heavy atom. The molecule has 1 saturated heterocycles. The molecule has 0 spiro atoms. The van der Waals surface area contributed by atoms with Gasteiger partial charge in [-0.3, -0.25) is 19.9 Å². The van der Waals surface area contributed by atoms with Gasteiger partial charge >= 0.3 is 0 Å². The van der Waals surface area contributed by atoms with Crippen LogP contribution in [-0.4, -0.2) is 28.2 Å². The third-order valence-electron chi connectivity index (χ3n) is 4.35. The van der Waals surface area contributed by atoms with E-state index in [1.54, 1.807) is 18.2 Å². The van der Waals surface area contributed by atoms with Crippen LogP contribution in [0, 0.1) is 5.41 Å². The monoisotopic (exact) mass is 302 g/mol. The summed E-state index contributed by atoms with van der Waals surface area (Å²) in [6.45, 7) is 4.29. The number of primary amides is 1. The van der Waals surface area contributed by atoms with Gasteiger partial charge in [0.05, 0.1) is 13.0 Å². The molecule has 0 saturated carbocycles. The lowest BCUT2D eigenvalue weighted by atomic mass is 9.87. The van der Waals surface area contributed by atoms with Crippen molar-refractivity contribution >= 4 is 17.8 Å². The molecule has 0 aromatic heterocycles. The first-order chi connectivity index (χ1) is 10.4. The van der Waals surface area contributed by atoms with Crippen LogP contribution < -0.4 is 11.1 Å². The predicted octanol–water partition coefficient (Wildman–Crippen LogP) is 1.60. The molecule has 1 fully saturated rings. The molecule has 6 nitrogen and oxygen atoms in total. The molecular weight excluding hydrogens is 280 g/mol. The van der Waals surface area contributed by atoms with Gasteiger partial charge < -0.3 is 11.1 Å². The van der Waals surface area contributed by atoms with Gasteiger partial charge in [0.15, 0.2) is 5.96 Å². The summed E-state index contributed by atoms with van der Waals surface area (Å²) >= 11 is 0. The summed E-state index contributed by atoms with van der Waals surface area (Å²) in [5.74, 6) is -0.461. The smallest absolute Gasteiger partial charge is 0.248 e. The summed E-state index contributed by atoms with van der Waals surface area (Å²) in [4.78, 5) is 25.0. The van der Waals surface area contributed by atoms with Gasteiger partial charge in [0, 0.05) is 11.1 Å². The molecule has 0 bridgehead atoms. The Hall–Kier alpha value is -2.37. The molecule has 2 amide bonds. The van der Waals surface area contributed by atoms with E-state index in [1.807, 2.05) is 19.9 Å². The Morgan fingerprint density at radius 2 is 2.09 bits per heavy atom. The van der Waals surface area contributed by atoms with E-state index in [0.29, 0.717) is 12.0 Å². The number of nitrogens with one attached hydrogen (secondary N) is 2. The molecule has 118 valence electrons. The van der Waals surface area contributed by atoms with Gasteiger partial charge in [-0.15, -0.1) is 0 Å². The van der Waals surface area contributed by atoms with E-state index in [0.717, 1.165) is 18.4 Å². The second kappa shape index (κ2) is 6.17. The maximum Gasteiger partial charge on any atom is 0.248 e. The van der Waals surface area contributed by atoms with Crippen molar-refractivity contribution < 1.29 is 9.59 Å². The highest BCUT2D eigenvalue weighted by molar-refractivity contribution is 5.99. The Morgan fingerprint density at radius 1 is 1.41 bits per heavy atom. The Kier molecular flexibility index (Phi) is 4.49. The van der Waals surface area contributed by atoms with Gasteiger partial charge in [0.1, 0.15) is 0 Å². The minimum atomic E-state index is -0.504. The van der Waals surface area contributed by atoms with Crippen LogP contribution in [0.4, 0.5) is 0 Å². The van der Waals surface area contributed by atoms with Gasteiger partial charge in [-0.25, -0.2) is 0 Å². The number of nitrogens with zero attached hydrogens (tertiary/aromatic N) is 1. The van der Waals surface area contributed by atoms with Crippen LogP contribution >= 0.6 is 0 Å². The zero-order valence-corrected chi connectivity index (χ0v) is 13.0. The minimum absolute atomic E-state index is 0.0723. The summed E-state index contributed by atoms with van der Waals surface area (Å²) in [5.41, 5.74) is 6.12. The van der Waals surface area contributed by atoms with Crippen molar-refractivity contribution in [3.05, 3.63) is 35.4 Å². The first-order valence-corrected chi connectivity index (χ1v) is 7.46. The van der Waals surface area contributed by atoms with E-state index in [2.05, 4.69) is 5.32 Å². The Labute approximate surface area is 130 Å². The van der Waals surface area contributed by atoms with Crippen LogP contribution in [0.1, 0.15) is 49.0 Å². The quantitative estimate of drug-likeness (QED) is 0.770. The molecule has 0 radical (unpaired) electrons. The molecule has 1 aliphatic heterocycles. The fourth-order valence-electron chi connectivity index (χ4n) is 2.72. The summed E-state index contributed by atoms with van der Waals surface area (Å²) < 4.78 is 0. The Bertz CT molecular complexity index is 588. The van der Waals surface area contributed by atoms with Crippen LogP contribution in [-0.2, 0) is 11.3 Å². The van der Waals surface area contributed by atoms with Gasteiger partial charge in [0.25, 0.3) is 0 Å². The number of carbonyl (C=O) groups is 2. The van der Waals surface area contributed by atoms with E-state index >= 15 is 0 Å². The second-order valence-corrected chi connectivity index (χ2v) is 5.68. The minimum Gasteiger partial charge on any atom is -0.366 e. The van der Waals surface area contributed by atoms with E-state index < -0.39 is 5.91 Å². The molecule has 2 rings (SSSR count). The molecule has 1 aromatic rings. The molecule has 0 aliphatic carbocycles. The number of guanidine groups is 1. The van der Waals surface area contributed by atoms with Crippen LogP contribution in [0.3, 0.4) is 0 Å². The zero-order valence-electron chi connectivity index (χ0n) is 13.0. The lowest BCUT2D eigenvalue weighted by Crippen LogP contribution is -2.61. The number of benzene rings is 1. The van der Waals surface area contributed by atoms with Gasteiger partial charge in [0.2, 0.25) is 11.8 Å². The largest absolute Gasteiger partial charge is 0.366 e. The number of hydrogen-bond donors (Lipinski definition) is 3. The SMILES string of the molecule is CCC1(CC)CC(=O)N(Cc2cccc(C(N)=O)c2)C(=N)N1. The van der Waals surface area contributed by atoms with E-state index in [-0.39, 0.29) is 24.0 Å². The molecule has 0 atom stereocenters. The van der Waals surface area contributed by atoms with Crippen molar-refractivity contribution in [3.63, 3.8) is 0 Å². The summed E-state index contributed by atoms with van der Waals surface area (Å²) in [5, 5.41) is 11.3. The van der Waals surface area contributed by atoms with Gasteiger partial charge in [-0.1, -0.05) is 26.0 Å². The van der Waals surface area contributed by atoms with Crippen molar-refractivity contribution in [3.8, 4) is 0 Å². The highest BCUT2D eigenvalue weighted by Crippen LogP contribution is 2.26. The highest BCUT2D eigenvalue weighted by atomic mass is 16.2. The van der Waals surface area contributed by atoms with Crippen molar-refractivity contribution in [1.82, 2.24) is 10.2 Å². The number of hydrogen-bond acceptors (Lipinski definition) is 3. The molecule has 4 N–H and O–H groups in total. The lowest BCUT2D eigenvalue weighted by Gasteiger charge is -2.42. The second-order valence-electron chi connectivity index (χ2n) is 5.68. The van der Waals surface area contributed by atoms with Crippen LogP contribution in [0.2, 0.25) is 0 Å². The Balaban J connectivity index is 2.17. The molecule has 1 aliphatic rings. The van der Waals surface area contributed by atoms with Crippen LogP contribution in [0.25, 0.3) is 0 Å². The number of nitrogens with two attached hydrogens (primary N) is 1. The van der Waals surface area contributed by atoms with Crippen molar-refractivity contribution in [2.24, 2.45) is 5.73 Å². The van der Waals surface area contributed by atoms with E-state index in [4.69, 9.17) is 11.1 Å². The third kappa shape index (κ3) is 3.10. The van der Waals surface area contributed by atoms with Crippen molar-refractivity contribution in [1.29, 1.82) is 5.41 Å². The van der Waals surface area contributed by atoms with Crippen LogP contribution in [0.5, 0.6) is 0 Å². The first-order valence-electron chi connectivity index (χ1n) is 7.46. The van der Waals surface area contributed by atoms with Crippen molar-refractivity contribution in [2.75, 3.05) is 0 Å². The average molecular weight is 302 g/mol. The molecule has 0 unspecified atom stereocenters. The maximum atomic E-state index is 12.4. The summed E-state index contributed by atoms with van der Waals surface area (Å²) in [6, 6.07) is 6.83. The summed E-state index contributed by atoms with van der Waals surface area (Å²) in [7, 11) is 0. The zero-order chi connectivity index (χ0) is 16.3. The number of carbonyl (C=O) groups excluding carboxylic acids is 2. The van der Waals surface area contributed by atoms with Gasteiger partial charge in [-0.2, -0.15) is 0 Å². The third-order valence-corrected chi connectivity index (χ3v) is 4.35. The lowest BCUT2D eigenvalue weighted by molar-refractivity contribution is -0.131. The van der Waals surface area contributed by atoms with E-state index in [1.165, 1.54) is 4.90 Å². The fourth-order valence-corrected chi connectivity index (χ4v) is 2.72.